The Balaban J connectivity index is 0.000000223. The van der Waals surface area contributed by atoms with Crippen molar-refractivity contribution in [3.05, 3.63) is 60.3 Å². The molecule has 3 fully saturated rings. The number of halogens is 3. The molecule has 2 aliphatic carbocycles. The van der Waals surface area contributed by atoms with E-state index < -0.39 is 27.2 Å². The SMILES string of the molecule is Cc1c(-c2ccc(N3CCS(=O)(=O)CC3)cc2)cnn1-c1ccc(F)cn1.N#CC1(NC(=O)[C@H]2CCCC(F)(F)C2)CC1.[HH]. The van der Waals surface area contributed by atoms with Crippen LogP contribution in [0.25, 0.3) is 16.9 Å². The summed E-state index contributed by atoms with van der Waals surface area (Å²) in [7, 11) is -2.89. The van der Waals surface area contributed by atoms with Crippen molar-refractivity contribution in [2.45, 2.75) is 56.9 Å². The molecular weight excluding hydrogens is 581 g/mol. The molecule has 1 N–H and O–H groups in total. The molecule has 0 radical (unpaired) electrons. The lowest BCUT2D eigenvalue weighted by Gasteiger charge is -2.28. The molecular formula is C30H35F3N6O3S. The Kier molecular flexibility index (Phi) is 8.51. The predicted molar refractivity (Wildman–Crippen MR) is 157 cm³/mol. The second kappa shape index (κ2) is 12.0. The molecule has 0 bridgehead atoms. The van der Waals surface area contributed by atoms with Gasteiger partial charge in [-0.3, -0.25) is 4.79 Å². The Morgan fingerprint density at radius 2 is 1.79 bits per heavy atom. The molecule has 13 heteroatoms. The Hall–Kier alpha value is -3.92. The van der Waals surface area contributed by atoms with Crippen LogP contribution in [-0.4, -0.2) is 65.1 Å². The van der Waals surface area contributed by atoms with Gasteiger partial charge in [0.1, 0.15) is 11.4 Å². The maximum Gasteiger partial charge on any atom is 0.248 e. The minimum Gasteiger partial charge on any atom is -0.369 e. The molecule has 230 valence electrons. The number of rotatable bonds is 5. The van der Waals surface area contributed by atoms with E-state index in [2.05, 4.69) is 20.3 Å². The van der Waals surface area contributed by atoms with Crippen LogP contribution in [0.4, 0.5) is 18.9 Å². The molecule has 0 spiro atoms. The van der Waals surface area contributed by atoms with Gasteiger partial charge in [0.25, 0.3) is 0 Å². The van der Waals surface area contributed by atoms with Gasteiger partial charge in [0, 0.05) is 44.5 Å². The summed E-state index contributed by atoms with van der Waals surface area (Å²) in [5.41, 5.74) is 3.15. The minimum absolute atomic E-state index is 0. The van der Waals surface area contributed by atoms with Crippen LogP contribution in [0.2, 0.25) is 0 Å². The maximum absolute atomic E-state index is 13.1. The number of carbonyl (C=O) groups excluding carboxylic acids is 1. The zero-order valence-corrected chi connectivity index (χ0v) is 24.6. The molecule has 6 rings (SSSR count). The van der Waals surface area contributed by atoms with Crippen LogP contribution < -0.4 is 10.2 Å². The predicted octanol–water partition coefficient (Wildman–Crippen LogP) is 4.85. The van der Waals surface area contributed by atoms with Gasteiger partial charge in [-0.1, -0.05) is 12.1 Å². The van der Waals surface area contributed by atoms with Crippen molar-refractivity contribution in [3.63, 3.8) is 0 Å². The van der Waals surface area contributed by atoms with Gasteiger partial charge in [-0.05, 0) is 62.4 Å². The molecule has 1 aromatic carbocycles. The van der Waals surface area contributed by atoms with Gasteiger partial charge in [0.2, 0.25) is 11.8 Å². The molecule has 1 amide bonds. The number of alkyl halides is 2. The summed E-state index contributed by atoms with van der Waals surface area (Å²) in [6, 6.07) is 13.0. The maximum atomic E-state index is 13.1. The van der Waals surface area contributed by atoms with Crippen molar-refractivity contribution in [2.75, 3.05) is 29.5 Å². The number of anilines is 1. The van der Waals surface area contributed by atoms with Crippen LogP contribution in [0.3, 0.4) is 0 Å². The smallest absolute Gasteiger partial charge is 0.248 e. The number of carbonyl (C=O) groups is 1. The van der Waals surface area contributed by atoms with Crippen LogP contribution in [0, 0.1) is 30.0 Å². The number of benzene rings is 1. The third kappa shape index (κ3) is 7.36. The van der Waals surface area contributed by atoms with Crippen molar-refractivity contribution in [1.82, 2.24) is 20.1 Å². The second-order valence-electron chi connectivity index (χ2n) is 11.4. The van der Waals surface area contributed by atoms with Crippen LogP contribution in [0.5, 0.6) is 0 Å². The van der Waals surface area contributed by atoms with Crippen molar-refractivity contribution >= 4 is 21.4 Å². The van der Waals surface area contributed by atoms with E-state index in [1.807, 2.05) is 37.3 Å². The number of nitrogens with one attached hydrogen (secondary N) is 1. The molecule has 43 heavy (non-hydrogen) atoms. The molecule has 1 saturated heterocycles. The Morgan fingerprint density at radius 1 is 1.09 bits per heavy atom. The Morgan fingerprint density at radius 3 is 2.37 bits per heavy atom. The van der Waals surface area contributed by atoms with E-state index in [4.69, 9.17) is 5.26 Å². The number of aromatic nitrogens is 3. The third-order valence-electron chi connectivity index (χ3n) is 8.16. The van der Waals surface area contributed by atoms with E-state index in [-0.39, 0.29) is 37.5 Å². The average Bonchev–Trinajstić information content (AvgIpc) is 3.65. The zero-order valence-electron chi connectivity index (χ0n) is 23.8. The molecule has 0 unspecified atom stereocenters. The second-order valence-corrected chi connectivity index (χ2v) is 13.7. The Labute approximate surface area is 250 Å². The summed E-state index contributed by atoms with van der Waals surface area (Å²) in [6.45, 7) is 2.99. The van der Waals surface area contributed by atoms with E-state index in [1.54, 1.807) is 16.9 Å². The quantitative estimate of drug-likeness (QED) is 0.435. The van der Waals surface area contributed by atoms with E-state index in [9.17, 15) is 26.4 Å². The number of hydrogen-bond acceptors (Lipinski definition) is 7. The highest BCUT2D eigenvalue weighted by Crippen LogP contribution is 2.39. The fourth-order valence-corrected chi connectivity index (χ4v) is 6.56. The van der Waals surface area contributed by atoms with Gasteiger partial charge >= 0.3 is 0 Å². The number of nitriles is 1. The van der Waals surface area contributed by atoms with Crippen LogP contribution >= 0.6 is 0 Å². The first kappa shape index (κ1) is 30.5. The van der Waals surface area contributed by atoms with E-state index in [0.29, 0.717) is 44.6 Å². The highest BCUT2D eigenvalue weighted by atomic mass is 32.2. The summed E-state index contributed by atoms with van der Waals surface area (Å²) >= 11 is 0. The lowest BCUT2D eigenvalue weighted by atomic mass is 9.86. The zero-order chi connectivity index (χ0) is 30.8. The van der Waals surface area contributed by atoms with E-state index in [1.165, 1.54) is 12.3 Å². The van der Waals surface area contributed by atoms with Gasteiger partial charge in [-0.2, -0.15) is 10.4 Å². The first-order valence-corrected chi connectivity index (χ1v) is 16.0. The van der Waals surface area contributed by atoms with Crippen molar-refractivity contribution in [3.8, 4) is 23.0 Å². The van der Waals surface area contributed by atoms with E-state index >= 15 is 0 Å². The molecule has 1 atom stereocenters. The van der Waals surface area contributed by atoms with Crippen LogP contribution in [-0.2, 0) is 14.6 Å². The van der Waals surface area contributed by atoms with Crippen LogP contribution in [0.15, 0.2) is 48.8 Å². The van der Waals surface area contributed by atoms with Gasteiger partial charge in [0.05, 0.1) is 35.7 Å². The first-order valence-electron chi connectivity index (χ1n) is 14.2. The normalized spacial score (nSPS) is 21.6. The summed E-state index contributed by atoms with van der Waals surface area (Å²) < 4.78 is 64.1. The summed E-state index contributed by atoms with van der Waals surface area (Å²) in [6.07, 6.45) is 4.59. The van der Waals surface area contributed by atoms with Gasteiger partial charge < -0.3 is 10.2 Å². The fourth-order valence-electron chi connectivity index (χ4n) is 5.36. The van der Waals surface area contributed by atoms with Gasteiger partial charge in [0.15, 0.2) is 15.7 Å². The number of hydrogen-bond donors (Lipinski definition) is 1. The van der Waals surface area contributed by atoms with E-state index in [0.717, 1.165) is 22.5 Å². The third-order valence-corrected chi connectivity index (χ3v) is 9.77. The van der Waals surface area contributed by atoms with Crippen molar-refractivity contribution in [1.29, 1.82) is 5.26 Å². The summed E-state index contributed by atoms with van der Waals surface area (Å²) in [4.78, 5) is 17.9. The average molecular weight is 617 g/mol. The highest BCUT2D eigenvalue weighted by Gasteiger charge is 2.47. The lowest BCUT2D eigenvalue weighted by Crippen LogP contribution is -2.43. The van der Waals surface area contributed by atoms with Crippen molar-refractivity contribution < 1.29 is 27.8 Å². The standard InChI is InChI=1S/C19H19FN4O2S.C11H14F2N2O.H2/c1-14-18(13-22-24(14)19-7-4-16(20)12-21-19)15-2-5-17(6-3-15)23-8-10-27(25,26)11-9-23;12-11(13)3-1-2-8(6-11)9(16)15-10(7-14)4-5-10;/h2-7,12-13H,8-11H2,1H3;8H,1-6H2,(H,15,16);1H/t;8-;/m.0./s1. The number of nitrogens with zero attached hydrogens (tertiary/aromatic N) is 5. The molecule has 2 aromatic heterocycles. The molecule has 3 heterocycles. The fraction of sp³-hybridized carbons (Fsp3) is 0.467. The Bertz CT molecular complexity index is 1610. The summed E-state index contributed by atoms with van der Waals surface area (Å²) in [5, 5.41) is 15.8. The van der Waals surface area contributed by atoms with Crippen LogP contribution in [0.1, 0.15) is 45.6 Å². The molecule has 1 aliphatic heterocycles. The first-order chi connectivity index (χ1) is 20.4. The molecule has 3 aliphatic rings. The molecule has 2 saturated carbocycles. The lowest BCUT2D eigenvalue weighted by molar-refractivity contribution is -0.132. The minimum atomic E-state index is -2.89. The van der Waals surface area contributed by atoms with Gasteiger partial charge in [-0.25, -0.2) is 31.3 Å². The number of pyridine rings is 1. The van der Waals surface area contributed by atoms with Crippen molar-refractivity contribution in [2.24, 2.45) is 5.92 Å². The summed E-state index contributed by atoms with van der Waals surface area (Å²) in [5.74, 6) is -3.15. The molecule has 3 aromatic rings. The topological polar surface area (TPSA) is 121 Å². The highest BCUT2D eigenvalue weighted by molar-refractivity contribution is 7.91. The number of amides is 1. The number of sulfone groups is 1. The molecule has 9 nitrogen and oxygen atoms in total. The monoisotopic (exact) mass is 616 g/mol. The van der Waals surface area contributed by atoms with Gasteiger partial charge in [-0.15, -0.1) is 0 Å². The largest absolute Gasteiger partial charge is 0.369 e.